The zero-order valence-electron chi connectivity index (χ0n) is 17.2. The molecule has 0 saturated carbocycles. The maximum Gasteiger partial charge on any atom is 0.180 e. The van der Waals surface area contributed by atoms with E-state index in [1.807, 2.05) is 55.6 Å². The van der Waals surface area contributed by atoms with Crippen molar-refractivity contribution in [3.05, 3.63) is 90.5 Å². The monoisotopic (exact) mass is 406 g/mol. The van der Waals surface area contributed by atoms with Gasteiger partial charge < -0.3 is 10.3 Å². The molecule has 0 saturated heterocycles. The summed E-state index contributed by atoms with van der Waals surface area (Å²) in [5.41, 5.74) is 5.89. The molecular weight excluding hydrogens is 384 g/mol. The van der Waals surface area contributed by atoms with Crippen molar-refractivity contribution < 1.29 is 0 Å². The number of hydrogen-bond donors (Lipinski definition) is 2. The highest BCUT2D eigenvalue weighted by molar-refractivity contribution is 5.83. The molecule has 4 aromatic heterocycles. The van der Waals surface area contributed by atoms with Gasteiger partial charge in [-0.15, -0.1) is 0 Å². The van der Waals surface area contributed by atoms with Crippen molar-refractivity contribution in [1.29, 1.82) is 0 Å². The van der Waals surface area contributed by atoms with E-state index < -0.39 is 0 Å². The standard InChI is InChI=1S/C25H22N6/c1-17-6-4-10-22(29-17)25-30-23(19-7-5-12-26-15-19)14-24(31-25)27-13-11-18-16-28-21-9-3-2-8-20(18)21/h2-10,12,14-16,28H,11,13H2,1H3,(H,27,30,31). The molecule has 0 spiro atoms. The zero-order valence-corrected chi connectivity index (χ0v) is 17.2. The average Bonchev–Trinajstić information content (AvgIpc) is 3.23. The summed E-state index contributed by atoms with van der Waals surface area (Å²) in [7, 11) is 0. The highest BCUT2D eigenvalue weighted by atomic mass is 15.0. The first-order valence-corrected chi connectivity index (χ1v) is 10.3. The molecule has 4 heterocycles. The fraction of sp³-hybridized carbons (Fsp3) is 0.120. The van der Waals surface area contributed by atoms with E-state index in [1.165, 1.54) is 10.9 Å². The fourth-order valence-corrected chi connectivity index (χ4v) is 3.65. The van der Waals surface area contributed by atoms with Crippen LogP contribution in [0, 0.1) is 6.92 Å². The average molecular weight is 406 g/mol. The quantitative estimate of drug-likeness (QED) is 0.413. The van der Waals surface area contributed by atoms with E-state index in [2.05, 4.69) is 44.7 Å². The van der Waals surface area contributed by atoms with Gasteiger partial charge in [0.2, 0.25) is 0 Å². The van der Waals surface area contributed by atoms with Gasteiger partial charge in [0.25, 0.3) is 0 Å². The molecule has 0 aliphatic heterocycles. The van der Waals surface area contributed by atoms with Gasteiger partial charge in [-0.3, -0.25) is 4.98 Å². The Kier molecular flexibility index (Phi) is 5.10. The number of aromatic amines is 1. The van der Waals surface area contributed by atoms with Crippen LogP contribution in [0.4, 0.5) is 5.82 Å². The van der Waals surface area contributed by atoms with E-state index in [0.717, 1.165) is 46.9 Å². The van der Waals surface area contributed by atoms with Crippen molar-refractivity contribution in [2.45, 2.75) is 13.3 Å². The highest BCUT2D eigenvalue weighted by Gasteiger charge is 2.11. The van der Waals surface area contributed by atoms with Gasteiger partial charge in [0.1, 0.15) is 11.5 Å². The lowest BCUT2D eigenvalue weighted by Gasteiger charge is -2.10. The van der Waals surface area contributed by atoms with Crippen molar-refractivity contribution >= 4 is 16.7 Å². The van der Waals surface area contributed by atoms with E-state index in [1.54, 1.807) is 6.20 Å². The molecule has 1 aromatic carbocycles. The Morgan fingerprint density at radius 2 is 1.84 bits per heavy atom. The van der Waals surface area contributed by atoms with Gasteiger partial charge >= 0.3 is 0 Å². The molecular formula is C25H22N6. The number of H-pyrrole nitrogens is 1. The number of fused-ring (bicyclic) bond motifs is 1. The Hall–Kier alpha value is -4.06. The van der Waals surface area contributed by atoms with Gasteiger partial charge in [-0.25, -0.2) is 15.0 Å². The van der Waals surface area contributed by atoms with E-state index in [4.69, 9.17) is 9.97 Å². The number of rotatable bonds is 6. The number of anilines is 1. The Balaban J connectivity index is 1.43. The summed E-state index contributed by atoms with van der Waals surface area (Å²) < 4.78 is 0. The molecule has 0 radical (unpaired) electrons. The van der Waals surface area contributed by atoms with Crippen LogP contribution < -0.4 is 5.32 Å². The molecule has 0 aliphatic carbocycles. The first-order valence-electron chi connectivity index (χ1n) is 10.3. The second-order valence-electron chi connectivity index (χ2n) is 7.40. The summed E-state index contributed by atoms with van der Waals surface area (Å²) in [6.45, 7) is 2.72. The summed E-state index contributed by atoms with van der Waals surface area (Å²) in [5.74, 6) is 1.37. The van der Waals surface area contributed by atoms with Gasteiger partial charge in [0, 0.05) is 53.4 Å². The summed E-state index contributed by atoms with van der Waals surface area (Å²) in [5, 5.41) is 4.73. The maximum absolute atomic E-state index is 4.76. The number of aromatic nitrogens is 5. The van der Waals surface area contributed by atoms with Gasteiger partial charge in [0.15, 0.2) is 5.82 Å². The van der Waals surface area contributed by atoms with Gasteiger partial charge in [0.05, 0.1) is 5.69 Å². The first-order chi connectivity index (χ1) is 15.3. The van der Waals surface area contributed by atoms with E-state index in [-0.39, 0.29) is 0 Å². The predicted molar refractivity (Wildman–Crippen MR) is 124 cm³/mol. The van der Waals surface area contributed by atoms with Crippen LogP contribution in [0.1, 0.15) is 11.3 Å². The Morgan fingerprint density at radius 1 is 0.903 bits per heavy atom. The molecule has 5 aromatic rings. The Morgan fingerprint density at radius 3 is 2.71 bits per heavy atom. The third kappa shape index (κ3) is 4.14. The number of nitrogens with one attached hydrogen (secondary N) is 2. The SMILES string of the molecule is Cc1cccc(-c2nc(NCCc3c[nH]c4ccccc34)cc(-c3cccnc3)n2)n1. The number of pyridine rings is 2. The number of hydrogen-bond acceptors (Lipinski definition) is 5. The lowest BCUT2D eigenvalue weighted by Crippen LogP contribution is -2.08. The number of para-hydroxylation sites is 1. The largest absolute Gasteiger partial charge is 0.370 e. The summed E-state index contributed by atoms with van der Waals surface area (Å²) in [6.07, 6.45) is 6.53. The topological polar surface area (TPSA) is 79.4 Å². The van der Waals surface area contributed by atoms with Crippen LogP contribution in [0.25, 0.3) is 33.7 Å². The maximum atomic E-state index is 4.76. The third-order valence-corrected chi connectivity index (χ3v) is 5.18. The second kappa shape index (κ2) is 8.36. The number of benzene rings is 1. The molecule has 152 valence electrons. The van der Waals surface area contributed by atoms with Crippen molar-refractivity contribution in [2.24, 2.45) is 0 Å². The molecule has 0 unspecified atom stereocenters. The van der Waals surface area contributed by atoms with Crippen molar-refractivity contribution in [1.82, 2.24) is 24.9 Å². The number of nitrogens with zero attached hydrogens (tertiary/aromatic N) is 4. The van der Waals surface area contributed by atoms with Crippen molar-refractivity contribution in [3.63, 3.8) is 0 Å². The second-order valence-corrected chi connectivity index (χ2v) is 7.40. The Labute approximate surface area is 180 Å². The smallest absolute Gasteiger partial charge is 0.180 e. The zero-order chi connectivity index (χ0) is 21.0. The minimum atomic E-state index is 0.597. The van der Waals surface area contributed by atoms with Crippen molar-refractivity contribution in [2.75, 3.05) is 11.9 Å². The van der Waals surface area contributed by atoms with Crippen molar-refractivity contribution in [3.8, 4) is 22.8 Å². The summed E-state index contributed by atoms with van der Waals surface area (Å²) in [4.78, 5) is 21.7. The van der Waals surface area contributed by atoms with Crippen LogP contribution in [-0.2, 0) is 6.42 Å². The molecule has 0 fully saturated rings. The lowest BCUT2D eigenvalue weighted by molar-refractivity contribution is 1.01. The molecule has 5 rings (SSSR count). The summed E-state index contributed by atoms with van der Waals surface area (Å²) >= 11 is 0. The van der Waals surface area contributed by atoms with Gasteiger partial charge in [-0.05, 0) is 49.2 Å². The van der Waals surface area contributed by atoms with E-state index >= 15 is 0 Å². The predicted octanol–water partition coefficient (Wildman–Crippen LogP) is 5.04. The minimum Gasteiger partial charge on any atom is -0.370 e. The molecule has 0 aliphatic rings. The number of aryl methyl sites for hydroxylation is 1. The molecule has 6 nitrogen and oxygen atoms in total. The molecule has 2 N–H and O–H groups in total. The van der Waals surface area contributed by atoms with E-state index in [0.29, 0.717) is 5.82 Å². The first kappa shape index (κ1) is 18.9. The molecule has 6 heteroatoms. The normalized spacial score (nSPS) is 11.0. The van der Waals surface area contributed by atoms with Gasteiger partial charge in [-0.2, -0.15) is 0 Å². The third-order valence-electron chi connectivity index (χ3n) is 5.18. The van der Waals surface area contributed by atoms with Crippen LogP contribution in [0.3, 0.4) is 0 Å². The fourth-order valence-electron chi connectivity index (χ4n) is 3.65. The van der Waals surface area contributed by atoms with Gasteiger partial charge in [-0.1, -0.05) is 24.3 Å². The van der Waals surface area contributed by atoms with E-state index in [9.17, 15) is 0 Å². The molecule has 0 atom stereocenters. The van der Waals surface area contributed by atoms with Crippen LogP contribution in [0.15, 0.2) is 79.3 Å². The minimum absolute atomic E-state index is 0.597. The van der Waals surface area contributed by atoms with Crippen LogP contribution in [-0.4, -0.2) is 31.5 Å². The van der Waals surface area contributed by atoms with Crippen LogP contribution in [0.5, 0.6) is 0 Å². The highest BCUT2D eigenvalue weighted by Crippen LogP contribution is 2.24. The molecule has 0 amide bonds. The van der Waals surface area contributed by atoms with Crippen LogP contribution >= 0.6 is 0 Å². The lowest BCUT2D eigenvalue weighted by atomic mass is 10.1. The Bertz CT molecular complexity index is 1330. The molecule has 0 bridgehead atoms. The molecule has 31 heavy (non-hydrogen) atoms. The summed E-state index contributed by atoms with van der Waals surface area (Å²) in [6, 6.07) is 20.1. The van der Waals surface area contributed by atoms with Crippen LogP contribution in [0.2, 0.25) is 0 Å².